The van der Waals surface area contributed by atoms with Crippen LogP contribution in [-0.2, 0) is 11.2 Å². The van der Waals surface area contributed by atoms with Crippen LogP contribution in [0.3, 0.4) is 0 Å². The Bertz CT molecular complexity index is 379. The summed E-state index contributed by atoms with van der Waals surface area (Å²) in [6.45, 7) is 1.45. The highest BCUT2D eigenvalue weighted by molar-refractivity contribution is 5.70. The number of carbonyl (C=O) groups is 1. The second-order valence-electron chi connectivity index (χ2n) is 4.62. The van der Waals surface area contributed by atoms with Gasteiger partial charge in [-0.05, 0) is 37.1 Å². The summed E-state index contributed by atoms with van der Waals surface area (Å²) < 4.78 is 5.62. The molecule has 0 fully saturated rings. The minimum atomic E-state index is -0.822. The van der Waals surface area contributed by atoms with Gasteiger partial charge in [-0.15, -0.1) is 0 Å². The lowest BCUT2D eigenvalue weighted by molar-refractivity contribution is -0.136. The van der Waals surface area contributed by atoms with Gasteiger partial charge in [0.05, 0.1) is 13.0 Å². The third-order valence-electron chi connectivity index (χ3n) is 2.87. The average molecular weight is 265 g/mol. The molecule has 106 valence electrons. The van der Waals surface area contributed by atoms with Crippen molar-refractivity contribution < 1.29 is 14.6 Å². The minimum absolute atomic E-state index is 0.0380. The van der Waals surface area contributed by atoms with Gasteiger partial charge in [0.2, 0.25) is 0 Å². The van der Waals surface area contributed by atoms with Crippen molar-refractivity contribution in [2.75, 3.05) is 13.2 Å². The first-order chi connectivity index (χ1) is 9.22. The molecular weight excluding hydrogens is 242 g/mol. The fourth-order valence-corrected chi connectivity index (χ4v) is 1.89. The number of benzene rings is 1. The van der Waals surface area contributed by atoms with Crippen LogP contribution in [0.25, 0.3) is 0 Å². The van der Waals surface area contributed by atoms with Gasteiger partial charge in [0.1, 0.15) is 5.75 Å². The maximum absolute atomic E-state index is 10.6. The molecule has 0 spiro atoms. The van der Waals surface area contributed by atoms with Crippen LogP contribution in [0, 0.1) is 0 Å². The molecular formula is C15H23NO3. The summed E-state index contributed by atoms with van der Waals surface area (Å²) >= 11 is 0. The summed E-state index contributed by atoms with van der Waals surface area (Å²) in [7, 11) is 0. The fraction of sp³-hybridized carbons (Fsp3) is 0.533. The van der Waals surface area contributed by atoms with Gasteiger partial charge < -0.3 is 15.6 Å². The zero-order valence-electron chi connectivity index (χ0n) is 11.3. The summed E-state index contributed by atoms with van der Waals surface area (Å²) in [5.41, 5.74) is 6.20. The summed E-state index contributed by atoms with van der Waals surface area (Å²) in [6, 6.07) is 7.28. The molecule has 0 aliphatic carbocycles. The largest absolute Gasteiger partial charge is 0.494 e. The zero-order valence-corrected chi connectivity index (χ0v) is 11.3. The molecule has 0 unspecified atom stereocenters. The van der Waals surface area contributed by atoms with E-state index >= 15 is 0 Å². The van der Waals surface area contributed by atoms with Crippen LogP contribution in [0.15, 0.2) is 24.3 Å². The van der Waals surface area contributed by atoms with Gasteiger partial charge in [0.25, 0.3) is 0 Å². The van der Waals surface area contributed by atoms with Crippen LogP contribution >= 0.6 is 0 Å². The summed E-state index contributed by atoms with van der Waals surface area (Å²) in [5, 5.41) is 8.72. The maximum Gasteiger partial charge on any atom is 0.307 e. The smallest absolute Gasteiger partial charge is 0.307 e. The van der Waals surface area contributed by atoms with Crippen LogP contribution in [0.4, 0.5) is 0 Å². The predicted molar refractivity (Wildman–Crippen MR) is 75.4 cm³/mol. The average Bonchev–Trinajstić information content (AvgIpc) is 2.37. The summed E-state index contributed by atoms with van der Waals surface area (Å²) in [5.74, 6) is -0.0715. The van der Waals surface area contributed by atoms with Gasteiger partial charge in [-0.1, -0.05) is 31.4 Å². The fourth-order valence-electron chi connectivity index (χ4n) is 1.89. The van der Waals surface area contributed by atoms with Crippen molar-refractivity contribution in [2.45, 2.75) is 38.5 Å². The molecule has 0 saturated carbocycles. The Morgan fingerprint density at radius 1 is 1.16 bits per heavy atom. The maximum atomic E-state index is 10.6. The Morgan fingerprint density at radius 2 is 1.89 bits per heavy atom. The van der Waals surface area contributed by atoms with Gasteiger partial charge in [-0.3, -0.25) is 4.79 Å². The number of unbranched alkanes of at least 4 members (excludes halogenated alkanes) is 4. The van der Waals surface area contributed by atoms with Crippen molar-refractivity contribution in [3.05, 3.63) is 29.8 Å². The molecule has 0 atom stereocenters. The topological polar surface area (TPSA) is 72.5 Å². The highest BCUT2D eigenvalue weighted by Gasteiger charge is 2.01. The Hall–Kier alpha value is -1.55. The Balaban J connectivity index is 2.20. The zero-order chi connectivity index (χ0) is 13.9. The van der Waals surface area contributed by atoms with E-state index in [0.29, 0.717) is 6.61 Å². The molecule has 0 radical (unpaired) electrons. The Morgan fingerprint density at radius 3 is 2.63 bits per heavy atom. The summed E-state index contributed by atoms with van der Waals surface area (Å²) in [4.78, 5) is 10.6. The highest BCUT2D eigenvalue weighted by atomic mass is 16.5. The van der Waals surface area contributed by atoms with Crippen molar-refractivity contribution in [3.8, 4) is 5.75 Å². The molecule has 0 bridgehead atoms. The monoisotopic (exact) mass is 265 g/mol. The normalized spacial score (nSPS) is 10.4. The number of aliphatic carboxylic acids is 1. The van der Waals surface area contributed by atoms with Gasteiger partial charge >= 0.3 is 5.97 Å². The van der Waals surface area contributed by atoms with Crippen LogP contribution < -0.4 is 10.5 Å². The molecule has 3 N–H and O–H groups in total. The van der Waals surface area contributed by atoms with Crippen molar-refractivity contribution in [1.29, 1.82) is 0 Å². The molecule has 0 heterocycles. The molecule has 4 heteroatoms. The highest BCUT2D eigenvalue weighted by Crippen LogP contribution is 2.14. The molecule has 19 heavy (non-hydrogen) atoms. The molecule has 1 rings (SSSR count). The third kappa shape index (κ3) is 7.47. The Labute approximate surface area is 114 Å². The van der Waals surface area contributed by atoms with E-state index < -0.39 is 5.97 Å². The van der Waals surface area contributed by atoms with Crippen molar-refractivity contribution in [1.82, 2.24) is 0 Å². The van der Waals surface area contributed by atoms with Crippen LogP contribution in [-0.4, -0.2) is 24.2 Å². The van der Waals surface area contributed by atoms with E-state index in [4.69, 9.17) is 15.6 Å². The minimum Gasteiger partial charge on any atom is -0.494 e. The van der Waals surface area contributed by atoms with Crippen molar-refractivity contribution in [3.63, 3.8) is 0 Å². The molecule has 0 aliphatic heterocycles. The van der Waals surface area contributed by atoms with E-state index in [-0.39, 0.29) is 6.42 Å². The second-order valence-corrected chi connectivity index (χ2v) is 4.62. The molecule has 0 amide bonds. The van der Waals surface area contributed by atoms with Crippen molar-refractivity contribution in [2.24, 2.45) is 5.73 Å². The lowest BCUT2D eigenvalue weighted by atomic mass is 10.1. The van der Waals surface area contributed by atoms with E-state index in [1.807, 2.05) is 12.1 Å². The van der Waals surface area contributed by atoms with E-state index in [2.05, 4.69) is 0 Å². The van der Waals surface area contributed by atoms with E-state index in [9.17, 15) is 4.79 Å². The lowest BCUT2D eigenvalue weighted by Crippen LogP contribution is -2.02. The van der Waals surface area contributed by atoms with E-state index in [1.54, 1.807) is 12.1 Å². The number of carboxylic acids is 1. The van der Waals surface area contributed by atoms with Gasteiger partial charge in [-0.2, -0.15) is 0 Å². The quantitative estimate of drug-likeness (QED) is 0.638. The van der Waals surface area contributed by atoms with Gasteiger partial charge in [0, 0.05) is 0 Å². The number of rotatable bonds is 10. The number of ether oxygens (including phenoxy) is 1. The molecule has 1 aromatic rings. The summed E-state index contributed by atoms with van der Waals surface area (Å²) in [6.07, 6.45) is 5.68. The molecule has 1 aromatic carbocycles. The van der Waals surface area contributed by atoms with E-state index in [1.165, 1.54) is 12.8 Å². The van der Waals surface area contributed by atoms with Gasteiger partial charge in [0.15, 0.2) is 0 Å². The van der Waals surface area contributed by atoms with Crippen LogP contribution in [0.2, 0.25) is 0 Å². The van der Waals surface area contributed by atoms with Crippen LogP contribution in [0.5, 0.6) is 5.75 Å². The molecule has 4 nitrogen and oxygen atoms in total. The van der Waals surface area contributed by atoms with Crippen LogP contribution in [0.1, 0.15) is 37.7 Å². The number of hydrogen-bond donors (Lipinski definition) is 2. The Kier molecular flexibility index (Phi) is 7.66. The number of hydrogen-bond acceptors (Lipinski definition) is 3. The van der Waals surface area contributed by atoms with Gasteiger partial charge in [-0.25, -0.2) is 0 Å². The predicted octanol–water partition coefficient (Wildman–Crippen LogP) is 2.60. The third-order valence-corrected chi connectivity index (χ3v) is 2.87. The number of nitrogens with two attached hydrogens (primary N) is 1. The first kappa shape index (κ1) is 15.5. The van der Waals surface area contributed by atoms with Crippen molar-refractivity contribution >= 4 is 5.97 Å². The SMILES string of the molecule is NCCCCCCCOc1cccc(CC(=O)O)c1. The van der Waals surface area contributed by atoms with E-state index in [0.717, 1.165) is 37.1 Å². The molecule has 0 aromatic heterocycles. The molecule has 0 aliphatic rings. The second kappa shape index (κ2) is 9.39. The standard InChI is InChI=1S/C15H23NO3/c16-9-4-2-1-3-5-10-19-14-8-6-7-13(11-14)12-15(17)18/h6-8,11H,1-5,9-10,12,16H2,(H,17,18). The first-order valence-corrected chi connectivity index (χ1v) is 6.86. The lowest BCUT2D eigenvalue weighted by Gasteiger charge is -2.07. The molecule has 0 saturated heterocycles. The number of carboxylic acid groups (broad SMARTS) is 1. The first-order valence-electron chi connectivity index (χ1n) is 6.86.